The highest BCUT2D eigenvalue weighted by Gasteiger charge is 2.10. The Labute approximate surface area is 131 Å². The first-order chi connectivity index (χ1) is 10.2. The van der Waals surface area contributed by atoms with E-state index in [-0.39, 0.29) is 0 Å². The van der Waals surface area contributed by atoms with Crippen molar-refractivity contribution in [2.24, 2.45) is 0 Å². The number of fused-ring (bicyclic) bond motifs is 1. The molecule has 3 rings (SSSR count). The highest BCUT2D eigenvalue weighted by Crippen LogP contribution is 2.33. The van der Waals surface area contributed by atoms with Crippen molar-refractivity contribution in [3.8, 4) is 6.07 Å². The molecule has 2 aromatic carbocycles. The fourth-order valence-electron chi connectivity index (χ4n) is 2.09. The molecule has 3 nitrogen and oxygen atoms in total. The molecule has 1 aromatic heterocycles. The van der Waals surface area contributed by atoms with Gasteiger partial charge < -0.3 is 5.32 Å². The van der Waals surface area contributed by atoms with E-state index in [2.05, 4.69) is 16.4 Å². The van der Waals surface area contributed by atoms with Crippen molar-refractivity contribution < 1.29 is 0 Å². The van der Waals surface area contributed by atoms with E-state index in [0.717, 1.165) is 10.9 Å². The summed E-state index contributed by atoms with van der Waals surface area (Å²) < 4.78 is 0. The molecule has 21 heavy (non-hydrogen) atoms. The zero-order valence-corrected chi connectivity index (χ0v) is 12.3. The minimum atomic E-state index is 0.449. The summed E-state index contributed by atoms with van der Waals surface area (Å²) in [5.74, 6) is 0. The van der Waals surface area contributed by atoms with E-state index in [9.17, 15) is 5.26 Å². The largest absolute Gasteiger partial charge is 0.353 e. The SMILES string of the molecule is N#Cc1cnc2ccccc2c1Nc1cc(Cl)ccc1Cl. The molecule has 0 amide bonds. The number of nitrogens with zero attached hydrogens (tertiary/aromatic N) is 2. The van der Waals surface area contributed by atoms with Crippen LogP contribution >= 0.6 is 23.2 Å². The van der Waals surface area contributed by atoms with Crippen molar-refractivity contribution in [1.82, 2.24) is 4.98 Å². The van der Waals surface area contributed by atoms with Crippen LogP contribution in [0.3, 0.4) is 0 Å². The van der Waals surface area contributed by atoms with Crippen LogP contribution in [0, 0.1) is 11.3 Å². The lowest BCUT2D eigenvalue weighted by Crippen LogP contribution is -1.97. The van der Waals surface area contributed by atoms with Gasteiger partial charge in [0.15, 0.2) is 0 Å². The second-order valence-electron chi connectivity index (χ2n) is 4.42. The Balaban J connectivity index is 2.19. The molecule has 5 heteroatoms. The summed E-state index contributed by atoms with van der Waals surface area (Å²) in [4.78, 5) is 4.27. The Hall–Kier alpha value is -2.28. The second kappa shape index (κ2) is 5.61. The Morgan fingerprint density at radius 2 is 1.90 bits per heavy atom. The Morgan fingerprint density at radius 1 is 1.10 bits per heavy atom. The van der Waals surface area contributed by atoms with Crippen LogP contribution in [0.5, 0.6) is 0 Å². The van der Waals surface area contributed by atoms with Gasteiger partial charge in [-0.05, 0) is 24.3 Å². The summed E-state index contributed by atoms with van der Waals surface area (Å²) in [7, 11) is 0. The molecule has 0 radical (unpaired) electrons. The lowest BCUT2D eigenvalue weighted by molar-refractivity contribution is 1.36. The van der Waals surface area contributed by atoms with Gasteiger partial charge in [0.1, 0.15) is 6.07 Å². The molecule has 3 aromatic rings. The molecule has 0 saturated carbocycles. The van der Waals surface area contributed by atoms with Crippen LogP contribution < -0.4 is 5.32 Å². The number of halogens is 2. The van der Waals surface area contributed by atoms with E-state index >= 15 is 0 Å². The van der Waals surface area contributed by atoms with Crippen LogP contribution in [0.15, 0.2) is 48.7 Å². The molecule has 0 aliphatic rings. The number of nitrogens with one attached hydrogen (secondary N) is 1. The summed E-state index contributed by atoms with van der Waals surface area (Å²) in [6, 6.07) is 14.9. The van der Waals surface area contributed by atoms with Crippen molar-refractivity contribution in [3.63, 3.8) is 0 Å². The predicted molar refractivity (Wildman–Crippen MR) is 86.2 cm³/mol. The average molecular weight is 314 g/mol. The zero-order chi connectivity index (χ0) is 14.8. The first kappa shape index (κ1) is 13.7. The molecule has 0 fully saturated rings. The minimum absolute atomic E-state index is 0.449. The standard InChI is InChI=1S/C16H9Cl2N3/c17-11-5-6-13(18)15(7-11)21-16-10(8-19)9-20-14-4-2-1-3-12(14)16/h1-7,9H,(H,20,21). The van der Waals surface area contributed by atoms with Crippen molar-refractivity contribution in [2.45, 2.75) is 0 Å². The van der Waals surface area contributed by atoms with Crippen LogP contribution in [0.1, 0.15) is 5.56 Å². The number of anilines is 2. The van der Waals surface area contributed by atoms with E-state index in [1.165, 1.54) is 0 Å². The second-order valence-corrected chi connectivity index (χ2v) is 5.27. The molecular weight excluding hydrogens is 305 g/mol. The minimum Gasteiger partial charge on any atom is -0.353 e. The van der Waals surface area contributed by atoms with E-state index in [1.54, 1.807) is 24.4 Å². The summed E-state index contributed by atoms with van der Waals surface area (Å²) in [5.41, 5.74) is 2.58. The quantitative estimate of drug-likeness (QED) is 0.711. The fourth-order valence-corrected chi connectivity index (χ4v) is 2.43. The fraction of sp³-hybridized carbons (Fsp3) is 0. The van der Waals surface area contributed by atoms with Gasteiger partial charge in [-0.3, -0.25) is 4.98 Å². The van der Waals surface area contributed by atoms with Crippen LogP contribution in [-0.2, 0) is 0 Å². The third-order valence-electron chi connectivity index (χ3n) is 3.08. The Bertz CT molecular complexity index is 869. The first-order valence-electron chi connectivity index (χ1n) is 6.19. The number of aromatic nitrogens is 1. The molecule has 0 spiro atoms. The van der Waals surface area contributed by atoms with Gasteiger partial charge in [-0.25, -0.2) is 0 Å². The van der Waals surface area contributed by atoms with Gasteiger partial charge in [-0.15, -0.1) is 0 Å². The first-order valence-corrected chi connectivity index (χ1v) is 6.94. The maximum absolute atomic E-state index is 9.29. The van der Waals surface area contributed by atoms with Gasteiger partial charge in [0.05, 0.1) is 27.5 Å². The summed E-state index contributed by atoms with van der Waals surface area (Å²) in [5, 5.41) is 14.4. The van der Waals surface area contributed by atoms with Gasteiger partial charge >= 0.3 is 0 Å². The van der Waals surface area contributed by atoms with E-state index in [0.29, 0.717) is 27.0 Å². The lowest BCUT2D eigenvalue weighted by atomic mass is 10.1. The number of para-hydroxylation sites is 1. The number of hydrogen-bond acceptors (Lipinski definition) is 3. The normalized spacial score (nSPS) is 10.3. The molecule has 1 heterocycles. The molecule has 0 unspecified atom stereocenters. The molecule has 0 aliphatic heterocycles. The molecule has 0 bridgehead atoms. The van der Waals surface area contributed by atoms with Crippen molar-refractivity contribution >= 4 is 45.5 Å². The summed E-state index contributed by atoms with van der Waals surface area (Å²) in [6.07, 6.45) is 1.54. The monoisotopic (exact) mass is 313 g/mol. The number of rotatable bonds is 2. The molecule has 0 aliphatic carbocycles. The summed E-state index contributed by atoms with van der Waals surface area (Å²) in [6.45, 7) is 0. The topological polar surface area (TPSA) is 48.7 Å². The van der Waals surface area contributed by atoms with E-state index in [1.807, 2.05) is 24.3 Å². The number of benzene rings is 2. The number of nitriles is 1. The van der Waals surface area contributed by atoms with Crippen LogP contribution in [-0.4, -0.2) is 4.98 Å². The van der Waals surface area contributed by atoms with Crippen molar-refractivity contribution in [2.75, 3.05) is 5.32 Å². The average Bonchev–Trinajstić information content (AvgIpc) is 2.51. The van der Waals surface area contributed by atoms with E-state index in [4.69, 9.17) is 23.2 Å². The number of pyridine rings is 1. The maximum Gasteiger partial charge on any atom is 0.103 e. The predicted octanol–water partition coefficient (Wildman–Crippen LogP) is 5.16. The van der Waals surface area contributed by atoms with Gasteiger partial charge in [0.25, 0.3) is 0 Å². The van der Waals surface area contributed by atoms with Crippen molar-refractivity contribution in [1.29, 1.82) is 5.26 Å². The Kier molecular flexibility index (Phi) is 3.66. The van der Waals surface area contributed by atoms with E-state index < -0.39 is 0 Å². The highest BCUT2D eigenvalue weighted by atomic mass is 35.5. The van der Waals surface area contributed by atoms with Crippen LogP contribution in [0.4, 0.5) is 11.4 Å². The third kappa shape index (κ3) is 2.64. The lowest BCUT2D eigenvalue weighted by Gasteiger charge is -2.12. The van der Waals surface area contributed by atoms with Gasteiger partial charge in [-0.2, -0.15) is 5.26 Å². The van der Waals surface area contributed by atoms with Gasteiger partial charge in [0, 0.05) is 16.6 Å². The maximum atomic E-state index is 9.29. The third-order valence-corrected chi connectivity index (χ3v) is 3.65. The van der Waals surface area contributed by atoms with Crippen LogP contribution in [0.25, 0.3) is 10.9 Å². The molecule has 0 atom stereocenters. The van der Waals surface area contributed by atoms with Gasteiger partial charge in [0.2, 0.25) is 0 Å². The summed E-state index contributed by atoms with van der Waals surface area (Å²) >= 11 is 12.2. The zero-order valence-electron chi connectivity index (χ0n) is 10.8. The molecular formula is C16H9Cl2N3. The molecule has 1 N–H and O–H groups in total. The molecule has 102 valence electrons. The Morgan fingerprint density at radius 3 is 2.71 bits per heavy atom. The van der Waals surface area contributed by atoms with Crippen molar-refractivity contribution in [3.05, 3.63) is 64.3 Å². The number of hydrogen-bond donors (Lipinski definition) is 1. The van der Waals surface area contributed by atoms with Crippen LogP contribution in [0.2, 0.25) is 10.0 Å². The smallest absolute Gasteiger partial charge is 0.103 e. The highest BCUT2D eigenvalue weighted by molar-refractivity contribution is 6.35. The van der Waals surface area contributed by atoms with Gasteiger partial charge in [-0.1, -0.05) is 41.4 Å². The molecule has 0 saturated heterocycles.